The van der Waals surface area contributed by atoms with Gasteiger partial charge in [-0.1, -0.05) is 20.8 Å². The second kappa shape index (κ2) is 7.08. The van der Waals surface area contributed by atoms with E-state index >= 15 is 0 Å². The summed E-state index contributed by atoms with van der Waals surface area (Å²) in [4.78, 5) is 0. The molecule has 1 saturated carbocycles. The van der Waals surface area contributed by atoms with Gasteiger partial charge in [0.15, 0.2) is 0 Å². The van der Waals surface area contributed by atoms with E-state index in [0.717, 1.165) is 38.0 Å². The highest BCUT2D eigenvalue weighted by atomic mass is 16.5. The third kappa shape index (κ3) is 6.76. The van der Waals surface area contributed by atoms with Crippen LogP contribution in [0.25, 0.3) is 0 Å². The first-order chi connectivity index (χ1) is 8.73. The number of hydrogen-bond donors (Lipinski definition) is 1. The van der Waals surface area contributed by atoms with Crippen LogP contribution < -0.4 is 5.32 Å². The summed E-state index contributed by atoms with van der Waals surface area (Å²) in [6.07, 6.45) is 5.14. The Morgan fingerprint density at radius 1 is 1.21 bits per heavy atom. The Balaban J connectivity index is 2.50. The molecule has 0 radical (unpaired) electrons. The molecule has 0 bridgehead atoms. The van der Waals surface area contributed by atoms with E-state index in [2.05, 4.69) is 46.9 Å². The molecule has 1 fully saturated rings. The first kappa shape index (κ1) is 17.0. The fourth-order valence-corrected chi connectivity index (χ4v) is 3.07. The zero-order chi connectivity index (χ0) is 14.5. The lowest BCUT2D eigenvalue weighted by molar-refractivity contribution is 0.0234. The Labute approximate surface area is 120 Å². The van der Waals surface area contributed by atoms with E-state index in [1.165, 1.54) is 19.3 Å². The highest BCUT2D eigenvalue weighted by Crippen LogP contribution is 2.41. The van der Waals surface area contributed by atoms with Gasteiger partial charge < -0.3 is 10.1 Å². The van der Waals surface area contributed by atoms with Gasteiger partial charge in [0.25, 0.3) is 0 Å². The highest BCUT2D eigenvalue weighted by Gasteiger charge is 2.35. The summed E-state index contributed by atoms with van der Waals surface area (Å²) in [7, 11) is 0. The quantitative estimate of drug-likeness (QED) is 0.728. The van der Waals surface area contributed by atoms with Crippen LogP contribution in [0.15, 0.2) is 0 Å². The van der Waals surface area contributed by atoms with Gasteiger partial charge in [0.05, 0.1) is 0 Å². The summed E-state index contributed by atoms with van der Waals surface area (Å²) >= 11 is 0. The fourth-order valence-electron chi connectivity index (χ4n) is 3.07. The predicted octanol–water partition coefficient (Wildman–Crippen LogP) is 4.24. The summed E-state index contributed by atoms with van der Waals surface area (Å²) in [6.45, 7) is 16.8. The van der Waals surface area contributed by atoms with Crippen molar-refractivity contribution in [3.8, 4) is 0 Å². The Hall–Kier alpha value is -0.0800. The van der Waals surface area contributed by atoms with Crippen LogP contribution in [-0.2, 0) is 4.74 Å². The molecule has 0 aromatic carbocycles. The van der Waals surface area contributed by atoms with E-state index in [0.29, 0.717) is 5.41 Å². The third-order valence-corrected chi connectivity index (χ3v) is 4.25. The van der Waals surface area contributed by atoms with Crippen LogP contribution in [0.5, 0.6) is 0 Å². The molecule has 2 nitrogen and oxygen atoms in total. The van der Waals surface area contributed by atoms with Crippen LogP contribution in [0.2, 0.25) is 0 Å². The van der Waals surface area contributed by atoms with Crippen molar-refractivity contribution >= 4 is 0 Å². The van der Waals surface area contributed by atoms with Crippen molar-refractivity contribution in [2.24, 2.45) is 17.3 Å². The van der Waals surface area contributed by atoms with Crippen LogP contribution in [0.4, 0.5) is 0 Å². The summed E-state index contributed by atoms with van der Waals surface area (Å²) < 4.78 is 5.85. The number of nitrogens with one attached hydrogen (secondary N) is 1. The van der Waals surface area contributed by atoms with E-state index in [9.17, 15) is 0 Å². The van der Waals surface area contributed by atoms with Crippen LogP contribution in [0.3, 0.4) is 0 Å². The van der Waals surface area contributed by atoms with Crippen molar-refractivity contribution < 1.29 is 4.74 Å². The van der Waals surface area contributed by atoms with Gasteiger partial charge in [0.2, 0.25) is 0 Å². The Bertz CT molecular complexity index is 254. The number of ether oxygens (including phenoxy) is 1. The molecule has 0 aliphatic heterocycles. The molecule has 114 valence electrons. The molecule has 0 aromatic heterocycles. The minimum atomic E-state index is 0.224. The van der Waals surface area contributed by atoms with Gasteiger partial charge >= 0.3 is 0 Å². The van der Waals surface area contributed by atoms with E-state index in [-0.39, 0.29) is 5.54 Å². The minimum Gasteiger partial charge on any atom is -0.381 e. The van der Waals surface area contributed by atoms with Crippen molar-refractivity contribution in [2.75, 3.05) is 19.8 Å². The molecule has 19 heavy (non-hydrogen) atoms. The molecule has 0 heterocycles. The molecule has 2 atom stereocenters. The second-order valence-electron chi connectivity index (χ2n) is 8.13. The van der Waals surface area contributed by atoms with Gasteiger partial charge in [-0.2, -0.15) is 0 Å². The molecule has 0 aromatic rings. The lowest BCUT2D eigenvalue weighted by atomic mass is 9.67. The molecule has 1 aliphatic rings. The zero-order valence-corrected chi connectivity index (χ0v) is 14.0. The van der Waals surface area contributed by atoms with E-state index < -0.39 is 0 Å². The van der Waals surface area contributed by atoms with Crippen LogP contribution in [0.1, 0.15) is 67.2 Å². The van der Waals surface area contributed by atoms with Crippen molar-refractivity contribution in [1.82, 2.24) is 5.32 Å². The second-order valence-corrected chi connectivity index (χ2v) is 8.13. The summed E-state index contributed by atoms with van der Waals surface area (Å²) in [5.41, 5.74) is 0.722. The average Bonchev–Trinajstić information content (AvgIpc) is 2.26. The van der Waals surface area contributed by atoms with Gasteiger partial charge in [0.1, 0.15) is 0 Å². The molecule has 1 aliphatic carbocycles. The first-order valence-corrected chi connectivity index (χ1v) is 8.06. The van der Waals surface area contributed by atoms with Crippen molar-refractivity contribution in [2.45, 2.75) is 72.8 Å². The summed E-state index contributed by atoms with van der Waals surface area (Å²) in [5.74, 6) is 1.51. The Morgan fingerprint density at radius 2 is 1.89 bits per heavy atom. The minimum absolute atomic E-state index is 0.224. The molecule has 2 heteroatoms. The average molecular weight is 269 g/mol. The zero-order valence-electron chi connectivity index (χ0n) is 14.0. The predicted molar refractivity (Wildman–Crippen MR) is 83.5 cm³/mol. The SMILES string of the molecule is CCCOCC1CC(C)(C)CCC1CNC(C)(C)C. The first-order valence-electron chi connectivity index (χ1n) is 8.06. The smallest absolute Gasteiger partial charge is 0.0497 e. The lowest BCUT2D eigenvalue weighted by Gasteiger charge is -2.41. The standard InChI is InChI=1S/C17H35NO/c1-7-10-19-13-15-11-17(5,6)9-8-14(15)12-18-16(2,3)4/h14-15,18H,7-13H2,1-6H3. The van der Waals surface area contributed by atoms with Crippen molar-refractivity contribution in [3.05, 3.63) is 0 Å². The van der Waals surface area contributed by atoms with Gasteiger partial charge in [-0.05, 0) is 70.3 Å². The lowest BCUT2D eigenvalue weighted by Crippen LogP contribution is -2.44. The number of hydrogen-bond acceptors (Lipinski definition) is 2. The molecule has 0 amide bonds. The van der Waals surface area contributed by atoms with Crippen molar-refractivity contribution in [3.63, 3.8) is 0 Å². The maximum Gasteiger partial charge on any atom is 0.0497 e. The van der Waals surface area contributed by atoms with Crippen LogP contribution in [0, 0.1) is 17.3 Å². The van der Waals surface area contributed by atoms with Crippen LogP contribution >= 0.6 is 0 Å². The molecule has 2 unspecified atom stereocenters. The number of rotatable bonds is 6. The fraction of sp³-hybridized carbons (Fsp3) is 1.00. The van der Waals surface area contributed by atoms with Gasteiger partial charge in [-0.15, -0.1) is 0 Å². The van der Waals surface area contributed by atoms with E-state index in [4.69, 9.17) is 4.74 Å². The van der Waals surface area contributed by atoms with Crippen molar-refractivity contribution in [1.29, 1.82) is 0 Å². The largest absolute Gasteiger partial charge is 0.381 e. The Morgan fingerprint density at radius 3 is 2.47 bits per heavy atom. The van der Waals surface area contributed by atoms with E-state index in [1.807, 2.05) is 0 Å². The summed E-state index contributed by atoms with van der Waals surface area (Å²) in [6, 6.07) is 0. The van der Waals surface area contributed by atoms with Gasteiger partial charge in [0, 0.05) is 18.8 Å². The molecule has 1 N–H and O–H groups in total. The van der Waals surface area contributed by atoms with Gasteiger partial charge in [-0.3, -0.25) is 0 Å². The topological polar surface area (TPSA) is 21.3 Å². The molecular formula is C17H35NO. The maximum absolute atomic E-state index is 5.85. The third-order valence-electron chi connectivity index (χ3n) is 4.25. The molecule has 0 spiro atoms. The monoisotopic (exact) mass is 269 g/mol. The Kier molecular flexibility index (Phi) is 6.32. The molecule has 1 rings (SSSR count). The highest BCUT2D eigenvalue weighted by molar-refractivity contribution is 4.87. The normalized spacial score (nSPS) is 27.5. The molecular weight excluding hydrogens is 234 g/mol. The van der Waals surface area contributed by atoms with Gasteiger partial charge in [-0.25, -0.2) is 0 Å². The summed E-state index contributed by atoms with van der Waals surface area (Å²) in [5, 5.41) is 3.68. The van der Waals surface area contributed by atoms with E-state index in [1.54, 1.807) is 0 Å². The molecule has 0 saturated heterocycles. The maximum atomic E-state index is 5.85. The van der Waals surface area contributed by atoms with Crippen LogP contribution in [-0.4, -0.2) is 25.3 Å².